The molecule has 1 saturated heterocycles. The fraction of sp³-hybridized carbons (Fsp3) is 0.250. The monoisotopic (exact) mass is 629 g/mol. The zero-order valence-electron chi connectivity index (χ0n) is 26.6. The van der Waals surface area contributed by atoms with Gasteiger partial charge in [-0.15, -0.1) is 0 Å². The molecule has 0 aliphatic carbocycles. The predicted octanol–water partition coefficient (Wildman–Crippen LogP) is 4.63. The molecule has 1 heterocycles. The smallest absolute Gasteiger partial charge is 0.337 e. The molecule has 5 rings (SSSR count). The van der Waals surface area contributed by atoms with Crippen LogP contribution < -0.4 is 10.2 Å². The van der Waals surface area contributed by atoms with E-state index in [0.29, 0.717) is 26.2 Å². The Labute approximate surface area is 292 Å². The van der Waals surface area contributed by atoms with Gasteiger partial charge in [0.2, 0.25) is 11.8 Å². The van der Waals surface area contributed by atoms with Gasteiger partial charge in [-0.2, -0.15) is 0 Å². The summed E-state index contributed by atoms with van der Waals surface area (Å²) in [4.78, 5) is 43.6. The van der Waals surface area contributed by atoms with Crippen molar-refractivity contribution in [3.05, 3.63) is 120 Å². The summed E-state index contributed by atoms with van der Waals surface area (Å²) < 4.78 is 5.45. The number of piperazine rings is 1. The average molecular weight is 630 g/mol. The average Bonchev–Trinajstić information content (AvgIpc) is 3.06. The molecule has 46 heavy (non-hydrogen) atoms. The molecular formula is C36H38N4NaO5. The van der Waals surface area contributed by atoms with Gasteiger partial charge in [0.05, 0.1) is 17.3 Å². The number of ether oxygens (including phenoxy) is 1. The van der Waals surface area contributed by atoms with Gasteiger partial charge in [-0.25, -0.2) is 4.79 Å². The van der Waals surface area contributed by atoms with E-state index in [2.05, 4.69) is 34.5 Å². The summed E-state index contributed by atoms with van der Waals surface area (Å²) in [6, 6.07) is 33.4. The molecule has 1 aliphatic heterocycles. The summed E-state index contributed by atoms with van der Waals surface area (Å²) >= 11 is 0. The largest absolute Gasteiger partial charge is 0.478 e. The molecule has 0 unspecified atom stereocenters. The Kier molecular flexibility index (Phi) is 12.5. The summed E-state index contributed by atoms with van der Waals surface area (Å²) in [7, 11) is 3.90. The second kappa shape index (κ2) is 16.5. The molecule has 233 valence electrons. The maximum absolute atomic E-state index is 12.9. The molecule has 0 saturated carbocycles. The Morgan fingerprint density at radius 1 is 0.783 bits per heavy atom. The van der Waals surface area contributed by atoms with Gasteiger partial charge in [-0.1, -0.05) is 78.9 Å². The van der Waals surface area contributed by atoms with Gasteiger partial charge in [0, 0.05) is 75.5 Å². The molecule has 1 aliphatic rings. The molecule has 0 aromatic heterocycles. The van der Waals surface area contributed by atoms with Gasteiger partial charge in [0.15, 0.2) is 0 Å². The summed E-state index contributed by atoms with van der Waals surface area (Å²) in [5, 5.41) is 12.4. The third-order valence-electron chi connectivity index (χ3n) is 7.96. The fourth-order valence-corrected chi connectivity index (χ4v) is 5.58. The second-order valence-electron chi connectivity index (χ2n) is 11.2. The van der Waals surface area contributed by atoms with E-state index >= 15 is 0 Å². The van der Waals surface area contributed by atoms with E-state index in [1.54, 1.807) is 17.0 Å². The molecule has 2 N–H and O–H groups in total. The van der Waals surface area contributed by atoms with E-state index in [9.17, 15) is 19.5 Å². The van der Waals surface area contributed by atoms with E-state index in [1.807, 2.05) is 79.7 Å². The van der Waals surface area contributed by atoms with Crippen molar-refractivity contribution < 1.29 is 24.2 Å². The van der Waals surface area contributed by atoms with Crippen molar-refractivity contribution in [3.8, 4) is 11.1 Å². The number of nitrogens with zero attached hydrogens (tertiary/aromatic N) is 3. The van der Waals surface area contributed by atoms with Crippen LogP contribution in [0.1, 0.15) is 27.5 Å². The van der Waals surface area contributed by atoms with Crippen LogP contribution in [0.25, 0.3) is 11.1 Å². The van der Waals surface area contributed by atoms with Gasteiger partial charge >= 0.3 is 5.97 Å². The zero-order valence-corrected chi connectivity index (χ0v) is 28.6. The predicted molar refractivity (Wildman–Crippen MR) is 181 cm³/mol. The Morgan fingerprint density at radius 2 is 1.35 bits per heavy atom. The topological polar surface area (TPSA) is 102 Å². The van der Waals surface area contributed by atoms with E-state index in [4.69, 9.17) is 4.74 Å². The summed E-state index contributed by atoms with van der Waals surface area (Å²) in [5.41, 5.74) is 5.15. The molecule has 0 atom stereocenters. The zero-order chi connectivity index (χ0) is 31.8. The van der Waals surface area contributed by atoms with Crippen molar-refractivity contribution in [2.24, 2.45) is 0 Å². The molecular weight excluding hydrogens is 591 g/mol. The van der Waals surface area contributed by atoms with Crippen LogP contribution in [-0.4, -0.2) is 116 Å². The van der Waals surface area contributed by atoms with E-state index in [-0.39, 0.29) is 66.0 Å². The van der Waals surface area contributed by atoms with Crippen molar-refractivity contribution in [3.63, 3.8) is 0 Å². The van der Waals surface area contributed by atoms with Gasteiger partial charge in [0.1, 0.15) is 13.2 Å². The minimum atomic E-state index is -1.16. The second-order valence-corrected chi connectivity index (χ2v) is 11.2. The number of carbonyl (C=O) groups excluding carboxylic acids is 2. The third-order valence-corrected chi connectivity index (χ3v) is 7.96. The standard InChI is InChI=1S/C36H38N4O5.Na/c1-38(2)30-16-13-26(14-17-30)29-15-18-32(31(23-29)36(43)44)37-33(41)24-45-25-34(42)39-19-21-40(22-20-39)35(27-9-5-3-6-10-27)28-11-7-4-8-12-28;/h3-18,23,35H,19-22,24-25H2,1-2H3,(H,37,41)(H,43,44);. The Morgan fingerprint density at radius 3 is 1.89 bits per heavy atom. The van der Waals surface area contributed by atoms with Crippen LogP contribution in [0.15, 0.2) is 103 Å². The van der Waals surface area contributed by atoms with Crippen LogP contribution >= 0.6 is 0 Å². The van der Waals surface area contributed by atoms with E-state index in [1.165, 1.54) is 17.2 Å². The number of anilines is 2. The molecule has 2 amide bonds. The summed E-state index contributed by atoms with van der Waals surface area (Å²) in [5.74, 6) is -1.88. The number of carbonyl (C=O) groups is 3. The number of carboxylic acid groups (broad SMARTS) is 1. The first-order chi connectivity index (χ1) is 21.8. The number of hydrogen-bond donors (Lipinski definition) is 2. The van der Waals surface area contributed by atoms with Gasteiger partial charge in [-0.3, -0.25) is 14.5 Å². The maximum atomic E-state index is 12.9. The quantitative estimate of drug-likeness (QED) is 0.234. The first-order valence-corrected chi connectivity index (χ1v) is 14.9. The van der Waals surface area contributed by atoms with Crippen molar-refractivity contribution in [1.29, 1.82) is 0 Å². The maximum Gasteiger partial charge on any atom is 0.337 e. The van der Waals surface area contributed by atoms with E-state index < -0.39 is 11.9 Å². The summed E-state index contributed by atoms with van der Waals surface area (Å²) in [6.45, 7) is 1.90. The van der Waals surface area contributed by atoms with Gasteiger partial charge in [0.25, 0.3) is 0 Å². The van der Waals surface area contributed by atoms with Crippen LogP contribution in [0.5, 0.6) is 0 Å². The van der Waals surface area contributed by atoms with Crippen molar-refractivity contribution in [1.82, 2.24) is 9.80 Å². The molecule has 4 aromatic rings. The molecule has 10 heteroatoms. The minimum Gasteiger partial charge on any atom is -0.478 e. The van der Waals surface area contributed by atoms with Crippen LogP contribution in [-0.2, 0) is 14.3 Å². The van der Waals surface area contributed by atoms with Gasteiger partial charge < -0.3 is 25.0 Å². The number of carboxylic acids is 1. The minimum absolute atomic E-state index is 0. The Hall–Kier alpha value is -3.99. The number of amides is 2. The normalized spacial score (nSPS) is 13.2. The van der Waals surface area contributed by atoms with Crippen LogP contribution in [0.4, 0.5) is 11.4 Å². The molecule has 0 bridgehead atoms. The van der Waals surface area contributed by atoms with Crippen LogP contribution in [0.2, 0.25) is 0 Å². The van der Waals surface area contributed by atoms with Crippen LogP contribution in [0.3, 0.4) is 0 Å². The van der Waals surface area contributed by atoms with Gasteiger partial charge in [-0.05, 0) is 46.5 Å². The molecule has 0 spiro atoms. The first kappa shape index (κ1) is 34.9. The first-order valence-electron chi connectivity index (χ1n) is 14.9. The molecule has 4 aromatic carbocycles. The van der Waals surface area contributed by atoms with Crippen LogP contribution in [0, 0.1) is 0 Å². The molecule has 1 radical (unpaired) electrons. The van der Waals surface area contributed by atoms with E-state index in [0.717, 1.165) is 16.8 Å². The molecule has 1 fully saturated rings. The molecule has 9 nitrogen and oxygen atoms in total. The number of rotatable bonds is 11. The summed E-state index contributed by atoms with van der Waals surface area (Å²) in [6.07, 6.45) is 0. The Balaban J connectivity index is 0.00000480. The Bertz CT molecular complexity index is 1570. The number of aromatic carboxylic acids is 1. The number of nitrogens with one attached hydrogen (secondary N) is 1. The number of benzene rings is 4. The fourth-order valence-electron chi connectivity index (χ4n) is 5.58. The van der Waals surface area contributed by atoms with Crippen molar-refractivity contribution in [2.75, 3.05) is 63.7 Å². The third kappa shape index (κ3) is 8.84. The van der Waals surface area contributed by atoms with Crippen molar-refractivity contribution >= 4 is 58.7 Å². The number of hydrogen-bond acceptors (Lipinski definition) is 6. The van der Waals surface area contributed by atoms with Crippen molar-refractivity contribution in [2.45, 2.75) is 6.04 Å². The SMILES string of the molecule is CN(C)c1ccc(-c2ccc(NC(=O)COCC(=O)N3CCN(C(c4ccccc4)c4ccccc4)CC3)c(C(=O)O)c2)cc1.[Na].